The molecule has 0 radical (unpaired) electrons. The van der Waals surface area contributed by atoms with Crippen LogP contribution in [0.25, 0.3) is 0 Å². The third-order valence-corrected chi connectivity index (χ3v) is 3.56. The van der Waals surface area contributed by atoms with Crippen molar-refractivity contribution >= 4 is 5.69 Å². The molecule has 3 heteroatoms. The highest BCUT2D eigenvalue weighted by molar-refractivity contribution is 5.61. The number of fused-ring (bicyclic) bond motifs is 1. The number of ether oxygens (including phenoxy) is 1. The molecule has 106 valence electrons. The van der Waals surface area contributed by atoms with Crippen molar-refractivity contribution in [2.45, 2.75) is 26.8 Å². The van der Waals surface area contributed by atoms with Crippen LogP contribution in [-0.2, 0) is 17.7 Å². The fourth-order valence-corrected chi connectivity index (χ4v) is 2.76. The van der Waals surface area contributed by atoms with E-state index in [2.05, 4.69) is 42.3 Å². The molecule has 1 heterocycles. The minimum atomic E-state index is 0.682. The Bertz CT molecular complexity index is 404. The second-order valence-electron chi connectivity index (χ2n) is 5.75. The number of hydrogen-bond acceptors (Lipinski definition) is 3. The maximum atomic E-state index is 5.23. The molecule has 2 rings (SSSR count). The average Bonchev–Trinajstić information content (AvgIpc) is 2.84. The standard InChI is InChI=1S/C16H26N2O/c1-13(2)11-18(9-10-19-3)12-15-6-4-5-14-7-8-17-16(14)15/h4-6,13,17H,7-12H2,1-3H3. The lowest BCUT2D eigenvalue weighted by Crippen LogP contribution is -2.30. The van der Waals surface area contributed by atoms with Gasteiger partial charge in [0.1, 0.15) is 0 Å². The largest absolute Gasteiger partial charge is 0.384 e. The van der Waals surface area contributed by atoms with Gasteiger partial charge in [-0.15, -0.1) is 0 Å². The van der Waals surface area contributed by atoms with E-state index in [9.17, 15) is 0 Å². The highest BCUT2D eigenvalue weighted by Crippen LogP contribution is 2.27. The number of methoxy groups -OCH3 is 1. The van der Waals surface area contributed by atoms with E-state index in [0.717, 1.165) is 39.2 Å². The molecule has 0 aliphatic carbocycles. The van der Waals surface area contributed by atoms with Crippen LogP contribution in [0.4, 0.5) is 5.69 Å². The van der Waals surface area contributed by atoms with Crippen molar-refractivity contribution in [1.29, 1.82) is 0 Å². The van der Waals surface area contributed by atoms with Gasteiger partial charge in [-0.1, -0.05) is 32.0 Å². The Morgan fingerprint density at radius 2 is 2.21 bits per heavy atom. The first-order valence-electron chi connectivity index (χ1n) is 7.26. The molecule has 0 unspecified atom stereocenters. The normalized spacial score (nSPS) is 13.9. The van der Waals surface area contributed by atoms with Gasteiger partial charge in [-0.05, 0) is 23.5 Å². The lowest BCUT2D eigenvalue weighted by atomic mass is 10.1. The molecule has 0 aromatic heterocycles. The first kappa shape index (κ1) is 14.4. The van der Waals surface area contributed by atoms with E-state index in [-0.39, 0.29) is 0 Å². The fraction of sp³-hybridized carbons (Fsp3) is 0.625. The van der Waals surface area contributed by atoms with E-state index < -0.39 is 0 Å². The zero-order valence-corrected chi connectivity index (χ0v) is 12.4. The summed E-state index contributed by atoms with van der Waals surface area (Å²) in [5.41, 5.74) is 4.26. The molecule has 19 heavy (non-hydrogen) atoms. The predicted octanol–water partition coefficient (Wildman–Crippen LogP) is 2.76. The van der Waals surface area contributed by atoms with Crippen molar-refractivity contribution in [3.63, 3.8) is 0 Å². The molecular formula is C16H26N2O. The molecule has 1 aliphatic rings. The summed E-state index contributed by atoms with van der Waals surface area (Å²) in [5.74, 6) is 0.682. The molecule has 0 saturated heterocycles. The zero-order chi connectivity index (χ0) is 13.7. The van der Waals surface area contributed by atoms with Crippen LogP contribution in [0.1, 0.15) is 25.0 Å². The van der Waals surface area contributed by atoms with Gasteiger partial charge in [0.2, 0.25) is 0 Å². The van der Waals surface area contributed by atoms with Gasteiger partial charge in [0.05, 0.1) is 6.61 Å². The van der Waals surface area contributed by atoms with Gasteiger partial charge < -0.3 is 10.1 Å². The Morgan fingerprint density at radius 1 is 1.37 bits per heavy atom. The molecule has 3 nitrogen and oxygen atoms in total. The van der Waals surface area contributed by atoms with Crippen molar-refractivity contribution in [3.8, 4) is 0 Å². The first-order valence-corrected chi connectivity index (χ1v) is 7.26. The maximum Gasteiger partial charge on any atom is 0.0589 e. The SMILES string of the molecule is COCCN(Cc1cccc2c1NCC2)CC(C)C. The highest BCUT2D eigenvalue weighted by atomic mass is 16.5. The molecule has 0 amide bonds. The van der Waals surface area contributed by atoms with Crippen LogP contribution in [0, 0.1) is 5.92 Å². The van der Waals surface area contributed by atoms with E-state index in [1.807, 2.05) is 0 Å². The van der Waals surface area contributed by atoms with Crippen LogP contribution in [0.2, 0.25) is 0 Å². The van der Waals surface area contributed by atoms with Crippen LogP contribution >= 0.6 is 0 Å². The monoisotopic (exact) mass is 262 g/mol. The summed E-state index contributed by atoms with van der Waals surface area (Å²) < 4.78 is 5.23. The molecule has 0 atom stereocenters. The van der Waals surface area contributed by atoms with Gasteiger partial charge in [0, 0.05) is 39.0 Å². The molecule has 0 saturated carbocycles. The second-order valence-corrected chi connectivity index (χ2v) is 5.75. The third-order valence-electron chi connectivity index (χ3n) is 3.56. The van der Waals surface area contributed by atoms with Gasteiger partial charge >= 0.3 is 0 Å². The van der Waals surface area contributed by atoms with Crippen molar-refractivity contribution in [3.05, 3.63) is 29.3 Å². The topological polar surface area (TPSA) is 24.5 Å². The number of anilines is 1. The van der Waals surface area contributed by atoms with Crippen molar-refractivity contribution in [2.75, 3.05) is 38.7 Å². The van der Waals surface area contributed by atoms with Crippen LogP contribution in [0.3, 0.4) is 0 Å². The Hall–Kier alpha value is -1.06. The van der Waals surface area contributed by atoms with Gasteiger partial charge in [-0.2, -0.15) is 0 Å². The molecule has 0 fully saturated rings. The smallest absolute Gasteiger partial charge is 0.0589 e. The summed E-state index contributed by atoms with van der Waals surface area (Å²) in [6.07, 6.45) is 1.16. The van der Waals surface area contributed by atoms with Gasteiger partial charge in [0.25, 0.3) is 0 Å². The number of nitrogens with one attached hydrogen (secondary N) is 1. The van der Waals surface area contributed by atoms with Crippen LogP contribution in [0.15, 0.2) is 18.2 Å². The maximum absolute atomic E-state index is 5.23. The van der Waals surface area contributed by atoms with Gasteiger partial charge in [-0.25, -0.2) is 0 Å². The van der Waals surface area contributed by atoms with Crippen LogP contribution in [-0.4, -0.2) is 38.3 Å². The van der Waals surface area contributed by atoms with E-state index >= 15 is 0 Å². The third kappa shape index (κ3) is 3.95. The molecule has 1 aromatic rings. The number of nitrogens with zero attached hydrogens (tertiary/aromatic N) is 1. The molecular weight excluding hydrogens is 236 g/mol. The van der Waals surface area contributed by atoms with Crippen molar-refractivity contribution in [2.24, 2.45) is 5.92 Å². The quantitative estimate of drug-likeness (QED) is 0.818. The van der Waals surface area contributed by atoms with E-state index in [4.69, 9.17) is 4.74 Å². The van der Waals surface area contributed by atoms with Gasteiger partial charge in [0.15, 0.2) is 0 Å². The Labute approximate surface area is 116 Å². The summed E-state index contributed by atoms with van der Waals surface area (Å²) in [4.78, 5) is 2.49. The van der Waals surface area contributed by atoms with Crippen molar-refractivity contribution < 1.29 is 4.74 Å². The summed E-state index contributed by atoms with van der Waals surface area (Å²) in [6, 6.07) is 6.67. The fourth-order valence-electron chi connectivity index (χ4n) is 2.76. The van der Waals surface area contributed by atoms with Crippen LogP contribution in [0.5, 0.6) is 0 Å². The number of hydrogen-bond donors (Lipinski definition) is 1. The second kappa shape index (κ2) is 6.92. The summed E-state index contributed by atoms with van der Waals surface area (Å²) in [6.45, 7) is 9.55. The molecule has 1 N–H and O–H groups in total. The van der Waals surface area contributed by atoms with E-state index in [1.54, 1.807) is 7.11 Å². The lowest BCUT2D eigenvalue weighted by Gasteiger charge is -2.25. The minimum Gasteiger partial charge on any atom is -0.384 e. The summed E-state index contributed by atoms with van der Waals surface area (Å²) in [5, 5.41) is 3.53. The van der Waals surface area contributed by atoms with Crippen LogP contribution < -0.4 is 5.32 Å². The number of benzene rings is 1. The Kier molecular flexibility index (Phi) is 5.23. The lowest BCUT2D eigenvalue weighted by molar-refractivity contribution is 0.136. The summed E-state index contributed by atoms with van der Waals surface area (Å²) in [7, 11) is 1.77. The molecule has 0 bridgehead atoms. The molecule has 0 spiro atoms. The predicted molar refractivity (Wildman–Crippen MR) is 80.6 cm³/mol. The number of rotatable bonds is 7. The Morgan fingerprint density at radius 3 is 2.95 bits per heavy atom. The average molecular weight is 262 g/mol. The molecule has 1 aromatic carbocycles. The van der Waals surface area contributed by atoms with E-state index in [1.165, 1.54) is 16.8 Å². The van der Waals surface area contributed by atoms with E-state index in [0.29, 0.717) is 5.92 Å². The van der Waals surface area contributed by atoms with Crippen molar-refractivity contribution in [1.82, 2.24) is 4.90 Å². The minimum absolute atomic E-state index is 0.682. The zero-order valence-electron chi connectivity index (χ0n) is 12.4. The number of para-hydroxylation sites is 1. The highest BCUT2D eigenvalue weighted by Gasteiger charge is 2.16. The molecule has 1 aliphatic heterocycles. The first-order chi connectivity index (χ1) is 9.20. The summed E-state index contributed by atoms with van der Waals surface area (Å²) >= 11 is 0. The van der Waals surface area contributed by atoms with Gasteiger partial charge in [-0.3, -0.25) is 4.90 Å². The Balaban J connectivity index is 2.05.